The summed E-state index contributed by atoms with van der Waals surface area (Å²) in [5.74, 6) is 0.804. The molecular formula is C19H21N3O2S. The van der Waals surface area contributed by atoms with Crippen LogP contribution in [-0.4, -0.2) is 39.4 Å². The zero-order chi connectivity index (χ0) is 18.0. The lowest BCUT2D eigenvalue weighted by molar-refractivity contribution is -0.119. The van der Waals surface area contributed by atoms with Gasteiger partial charge in [0.2, 0.25) is 5.91 Å². The molecular weight excluding hydrogens is 334 g/mol. The van der Waals surface area contributed by atoms with E-state index in [4.69, 9.17) is 0 Å². The maximum atomic E-state index is 12.7. The van der Waals surface area contributed by atoms with Gasteiger partial charge in [-0.15, -0.1) is 11.8 Å². The third kappa shape index (κ3) is 3.85. The molecule has 1 aromatic heterocycles. The van der Waals surface area contributed by atoms with Crippen LogP contribution < -0.4 is 5.32 Å². The Balaban J connectivity index is 1.74. The van der Waals surface area contributed by atoms with Gasteiger partial charge >= 0.3 is 0 Å². The Morgan fingerprint density at radius 2 is 1.96 bits per heavy atom. The average Bonchev–Trinajstić information content (AvgIpc) is 3.08. The Labute approximate surface area is 151 Å². The van der Waals surface area contributed by atoms with Crippen LogP contribution in [0, 0.1) is 20.8 Å². The first kappa shape index (κ1) is 17.5. The van der Waals surface area contributed by atoms with Gasteiger partial charge in [0.25, 0.3) is 5.91 Å². The van der Waals surface area contributed by atoms with E-state index in [2.05, 4.69) is 10.3 Å². The number of anilines is 1. The van der Waals surface area contributed by atoms with Crippen LogP contribution in [0.5, 0.6) is 0 Å². The molecule has 1 aromatic carbocycles. The number of carbonyl (C=O) groups excluding carboxylic acids is 2. The zero-order valence-corrected chi connectivity index (χ0v) is 15.4. The Hall–Kier alpha value is -2.34. The number of rotatable bonds is 3. The number of aromatic nitrogens is 1. The van der Waals surface area contributed by atoms with Crippen LogP contribution >= 0.6 is 11.8 Å². The molecule has 25 heavy (non-hydrogen) atoms. The van der Waals surface area contributed by atoms with Gasteiger partial charge in [-0.05, 0) is 56.2 Å². The van der Waals surface area contributed by atoms with Gasteiger partial charge in [-0.3, -0.25) is 14.6 Å². The van der Waals surface area contributed by atoms with E-state index in [-0.39, 0.29) is 11.8 Å². The van der Waals surface area contributed by atoms with Gasteiger partial charge < -0.3 is 10.2 Å². The van der Waals surface area contributed by atoms with Crippen LogP contribution in [0.25, 0.3) is 0 Å². The van der Waals surface area contributed by atoms with Crippen LogP contribution in [0.1, 0.15) is 27.2 Å². The van der Waals surface area contributed by atoms with Gasteiger partial charge in [0.1, 0.15) is 6.04 Å². The lowest BCUT2D eigenvalue weighted by atomic mass is 10.1. The fourth-order valence-corrected chi connectivity index (χ4v) is 3.82. The van der Waals surface area contributed by atoms with Crippen molar-refractivity contribution in [2.75, 3.05) is 16.9 Å². The van der Waals surface area contributed by atoms with Gasteiger partial charge in [-0.1, -0.05) is 6.07 Å². The second-order valence-corrected chi connectivity index (χ2v) is 7.27. The highest BCUT2D eigenvalue weighted by molar-refractivity contribution is 7.99. The zero-order valence-electron chi connectivity index (χ0n) is 14.6. The fraction of sp³-hybridized carbons (Fsp3) is 0.316. The fourth-order valence-electron chi connectivity index (χ4n) is 2.66. The Morgan fingerprint density at radius 3 is 2.64 bits per heavy atom. The number of pyridine rings is 1. The van der Waals surface area contributed by atoms with Crippen LogP contribution in [0.2, 0.25) is 0 Å². The number of nitrogens with one attached hydrogen (secondary N) is 1. The molecule has 1 atom stereocenters. The molecule has 1 aliphatic rings. The predicted molar refractivity (Wildman–Crippen MR) is 101 cm³/mol. The van der Waals surface area contributed by atoms with Crippen molar-refractivity contribution in [2.45, 2.75) is 26.8 Å². The summed E-state index contributed by atoms with van der Waals surface area (Å²) >= 11 is 1.58. The normalized spacial score (nSPS) is 16.8. The molecule has 1 N–H and O–H groups in total. The summed E-state index contributed by atoms with van der Waals surface area (Å²) in [6.45, 7) is 5.92. The molecule has 1 saturated heterocycles. The van der Waals surface area contributed by atoms with Gasteiger partial charge in [0.05, 0.1) is 11.4 Å². The first-order valence-corrected chi connectivity index (χ1v) is 9.30. The van der Waals surface area contributed by atoms with Crippen LogP contribution in [0.3, 0.4) is 0 Å². The van der Waals surface area contributed by atoms with Gasteiger partial charge in [-0.2, -0.15) is 0 Å². The average molecular weight is 355 g/mol. The monoisotopic (exact) mass is 355 g/mol. The first-order chi connectivity index (χ1) is 12.0. The number of thioether (sulfide) groups is 1. The van der Waals surface area contributed by atoms with E-state index < -0.39 is 6.04 Å². The molecule has 0 aliphatic carbocycles. The third-order valence-electron chi connectivity index (χ3n) is 4.38. The summed E-state index contributed by atoms with van der Waals surface area (Å²) in [4.78, 5) is 31.2. The van der Waals surface area contributed by atoms with Crippen LogP contribution in [-0.2, 0) is 4.79 Å². The largest absolute Gasteiger partial charge is 0.324 e. The Morgan fingerprint density at radius 1 is 1.16 bits per heavy atom. The van der Waals surface area contributed by atoms with E-state index in [1.807, 2.05) is 39.0 Å². The lowest BCUT2D eigenvalue weighted by Crippen LogP contribution is -2.44. The molecule has 130 valence electrons. The summed E-state index contributed by atoms with van der Waals surface area (Å²) in [6.07, 6.45) is 1.57. The molecule has 0 spiro atoms. The molecule has 2 aromatic rings. The second kappa shape index (κ2) is 7.27. The van der Waals surface area contributed by atoms with E-state index in [9.17, 15) is 9.59 Å². The maximum Gasteiger partial charge on any atom is 0.256 e. The van der Waals surface area contributed by atoms with Crippen molar-refractivity contribution in [3.8, 4) is 0 Å². The molecule has 1 aliphatic heterocycles. The summed E-state index contributed by atoms with van der Waals surface area (Å²) in [7, 11) is 0. The maximum absolute atomic E-state index is 12.7. The highest BCUT2D eigenvalue weighted by atomic mass is 32.2. The minimum absolute atomic E-state index is 0.151. The number of hydrogen-bond acceptors (Lipinski definition) is 4. The summed E-state index contributed by atoms with van der Waals surface area (Å²) in [5.41, 5.74) is 4.43. The van der Waals surface area contributed by atoms with E-state index in [0.29, 0.717) is 17.2 Å². The SMILES string of the molecule is Cc1ccc(C(=O)N2CSC[C@H]2C(=O)Nc2ccc(C)c(C)c2)cn1. The van der Waals surface area contributed by atoms with Gasteiger partial charge in [0.15, 0.2) is 0 Å². The topological polar surface area (TPSA) is 62.3 Å². The molecule has 0 saturated carbocycles. The summed E-state index contributed by atoms with van der Waals surface area (Å²) in [5, 5.41) is 2.94. The van der Waals surface area contributed by atoms with Crippen LogP contribution in [0.4, 0.5) is 5.69 Å². The minimum atomic E-state index is -0.472. The standard InChI is InChI=1S/C19H21N3O2S/c1-12-4-7-16(8-13(12)2)21-18(23)17-10-25-11-22(17)19(24)15-6-5-14(3)20-9-15/h4-9,17H,10-11H2,1-3H3,(H,21,23)/t17-/m0/s1. The molecule has 0 unspecified atom stereocenters. The van der Waals surface area contributed by atoms with E-state index in [1.165, 1.54) is 5.56 Å². The molecule has 5 nitrogen and oxygen atoms in total. The number of nitrogens with zero attached hydrogens (tertiary/aromatic N) is 2. The van der Waals surface area contributed by atoms with E-state index >= 15 is 0 Å². The summed E-state index contributed by atoms with van der Waals surface area (Å²) in [6, 6.07) is 8.91. The number of hydrogen-bond donors (Lipinski definition) is 1. The smallest absolute Gasteiger partial charge is 0.256 e. The molecule has 0 radical (unpaired) electrons. The molecule has 0 bridgehead atoms. The van der Waals surface area contributed by atoms with Crippen molar-refractivity contribution in [3.63, 3.8) is 0 Å². The lowest BCUT2D eigenvalue weighted by Gasteiger charge is -2.23. The van der Waals surface area contributed by atoms with Crippen molar-refractivity contribution < 1.29 is 9.59 Å². The van der Waals surface area contributed by atoms with Crippen molar-refractivity contribution in [1.29, 1.82) is 0 Å². The summed E-state index contributed by atoms with van der Waals surface area (Å²) < 4.78 is 0. The van der Waals surface area contributed by atoms with Crippen molar-refractivity contribution in [2.24, 2.45) is 0 Å². The molecule has 3 rings (SSSR count). The number of carbonyl (C=O) groups is 2. The number of benzene rings is 1. The quantitative estimate of drug-likeness (QED) is 0.919. The van der Waals surface area contributed by atoms with Gasteiger partial charge in [-0.25, -0.2) is 0 Å². The van der Waals surface area contributed by atoms with E-state index in [1.54, 1.807) is 35.0 Å². The Bertz CT molecular complexity index is 805. The first-order valence-electron chi connectivity index (χ1n) is 8.15. The second-order valence-electron chi connectivity index (χ2n) is 6.27. The van der Waals surface area contributed by atoms with Crippen molar-refractivity contribution >= 4 is 29.3 Å². The third-order valence-corrected chi connectivity index (χ3v) is 5.39. The number of amides is 2. The Kier molecular flexibility index (Phi) is 5.08. The highest BCUT2D eigenvalue weighted by Gasteiger charge is 2.35. The van der Waals surface area contributed by atoms with Crippen molar-refractivity contribution in [1.82, 2.24) is 9.88 Å². The number of aryl methyl sites for hydroxylation is 3. The van der Waals surface area contributed by atoms with Crippen molar-refractivity contribution in [3.05, 3.63) is 58.9 Å². The minimum Gasteiger partial charge on any atom is -0.324 e. The predicted octanol–water partition coefficient (Wildman–Crippen LogP) is 3.16. The van der Waals surface area contributed by atoms with E-state index in [0.717, 1.165) is 16.9 Å². The van der Waals surface area contributed by atoms with Crippen LogP contribution in [0.15, 0.2) is 36.5 Å². The molecule has 2 amide bonds. The van der Waals surface area contributed by atoms with Gasteiger partial charge in [0, 0.05) is 23.3 Å². The molecule has 2 heterocycles. The highest BCUT2D eigenvalue weighted by Crippen LogP contribution is 2.24. The molecule has 1 fully saturated rings. The molecule has 6 heteroatoms.